The predicted octanol–water partition coefficient (Wildman–Crippen LogP) is 3.26. The maximum atomic E-state index is 4.27. The lowest BCUT2D eigenvalue weighted by molar-refractivity contribution is 0.863. The van der Waals surface area contributed by atoms with Crippen LogP contribution >= 0.6 is 15.9 Å². The van der Waals surface area contributed by atoms with Crippen LogP contribution in [0.4, 0.5) is 0 Å². The van der Waals surface area contributed by atoms with Gasteiger partial charge in [0.2, 0.25) is 0 Å². The quantitative estimate of drug-likeness (QED) is 0.779. The van der Waals surface area contributed by atoms with Crippen LogP contribution in [-0.2, 0) is 6.42 Å². The molecule has 2 rings (SSSR count). The SMILES string of the molecule is Cc1nnc(CC(C)Br)c2ccccc12. The molecular formula is C12H13BrN2. The number of aromatic nitrogens is 2. The van der Waals surface area contributed by atoms with Gasteiger partial charge in [-0.1, -0.05) is 47.1 Å². The summed E-state index contributed by atoms with van der Waals surface area (Å²) >= 11 is 3.55. The third-order valence-corrected chi connectivity index (χ3v) is 2.75. The van der Waals surface area contributed by atoms with Gasteiger partial charge < -0.3 is 0 Å². The Hall–Kier alpha value is -0.960. The van der Waals surface area contributed by atoms with E-state index in [0.717, 1.165) is 17.8 Å². The lowest BCUT2D eigenvalue weighted by Gasteiger charge is -2.07. The third kappa shape index (κ3) is 2.17. The van der Waals surface area contributed by atoms with Crippen LogP contribution in [0.2, 0.25) is 0 Å². The largest absolute Gasteiger partial charge is 0.155 e. The molecule has 0 bridgehead atoms. The summed E-state index contributed by atoms with van der Waals surface area (Å²) in [5.74, 6) is 0. The molecule has 1 heterocycles. The van der Waals surface area contributed by atoms with E-state index in [1.165, 1.54) is 10.8 Å². The Bertz CT molecular complexity index is 480. The van der Waals surface area contributed by atoms with Crippen LogP contribution < -0.4 is 0 Å². The van der Waals surface area contributed by atoms with Gasteiger partial charge in [0.25, 0.3) is 0 Å². The highest BCUT2D eigenvalue weighted by Crippen LogP contribution is 2.20. The van der Waals surface area contributed by atoms with Gasteiger partial charge in [0, 0.05) is 22.0 Å². The zero-order chi connectivity index (χ0) is 10.8. The summed E-state index contributed by atoms with van der Waals surface area (Å²) in [6.45, 7) is 4.12. The Morgan fingerprint density at radius 3 is 2.53 bits per heavy atom. The zero-order valence-electron chi connectivity index (χ0n) is 8.87. The molecule has 0 aliphatic heterocycles. The van der Waals surface area contributed by atoms with Gasteiger partial charge in [0.1, 0.15) is 0 Å². The fraction of sp³-hybridized carbons (Fsp3) is 0.333. The van der Waals surface area contributed by atoms with Crippen molar-refractivity contribution in [3.63, 3.8) is 0 Å². The summed E-state index contributed by atoms with van der Waals surface area (Å²) in [5, 5.41) is 10.9. The maximum absolute atomic E-state index is 4.27. The van der Waals surface area contributed by atoms with E-state index in [4.69, 9.17) is 0 Å². The Morgan fingerprint density at radius 1 is 1.20 bits per heavy atom. The van der Waals surface area contributed by atoms with Crippen molar-refractivity contribution in [2.75, 3.05) is 0 Å². The van der Waals surface area contributed by atoms with Gasteiger partial charge in [-0.3, -0.25) is 0 Å². The second-order valence-corrected chi connectivity index (χ2v) is 5.33. The summed E-state index contributed by atoms with van der Waals surface area (Å²) in [6.07, 6.45) is 0.911. The van der Waals surface area contributed by atoms with Crippen molar-refractivity contribution in [1.29, 1.82) is 0 Å². The molecule has 1 unspecified atom stereocenters. The fourth-order valence-electron chi connectivity index (χ4n) is 1.71. The molecule has 15 heavy (non-hydrogen) atoms. The summed E-state index contributed by atoms with van der Waals surface area (Å²) in [7, 11) is 0. The molecule has 3 heteroatoms. The van der Waals surface area contributed by atoms with Crippen molar-refractivity contribution in [2.45, 2.75) is 25.1 Å². The van der Waals surface area contributed by atoms with E-state index in [9.17, 15) is 0 Å². The van der Waals surface area contributed by atoms with Gasteiger partial charge in [0.05, 0.1) is 11.4 Å². The third-order valence-electron chi connectivity index (χ3n) is 2.42. The van der Waals surface area contributed by atoms with E-state index in [1.54, 1.807) is 0 Å². The minimum atomic E-state index is 0.429. The molecule has 1 aromatic heterocycles. The van der Waals surface area contributed by atoms with E-state index < -0.39 is 0 Å². The first-order chi connectivity index (χ1) is 7.18. The Labute approximate surface area is 97.8 Å². The van der Waals surface area contributed by atoms with Crippen LogP contribution in [-0.4, -0.2) is 15.0 Å². The van der Waals surface area contributed by atoms with Gasteiger partial charge in [-0.2, -0.15) is 10.2 Å². The number of hydrogen-bond donors (Lipinski definition) is 0. The molecule has 78 valence electrons. The van der Waals surface area contributed by atoms with Crippen molar-refractivity contribution < 1.29 is 0 Å². The fourth-order valence-corrected chi connectivity index (χ4v) is 2.02. The summed E-state index contributed by atoms with van der Waals surface area (Å²) < 4.78 is 0. The average Bonchev–Trinajstić information content (AvgIpc) is 2.22. The van der Waals surface area contributed by atoms with Gasteiger partial charge in [0.15, 0.2) is 0 Å². The summed E-state index contributed by atoms with van der Waals surface area (Å²) in [4.78, 5) is 0.429. The number of aryl methyl sites for hydroxylation is 1. The number of rotatable bonds is 2. The molecule has 1 atom stereocenters. The molecule has 0 aliphatic rings. The Balaban J connectivity index is 2.61. The Kier molecular flexibility index (Phi) is 3.00. The lowest BCUT2D eigenvalue weighted by Crippen LogP contribution is -2.03. The number of alkyl halides is 1. The second kappa shape index (κ2) is 4.27. The lowest BCUT2D eigenvalue weighted by atomic mass is 10.1. The standard InChI is InChI=1S/C12H13BrN2/c1-8(13)7-12-11-6-4-3-5-10(11)9(2)14-15-12/h3-6,8H,7H2,1-2H3. The molecule has 0 N–H and O–H groups in total. The van der Waals surface area contributed by atoms with Crippen LogP contribution in [0.25, 0.3) is 10.8 Å². The van der Waals surface area contributed by atoms with Crippen LogP contribution in [0.1, 0.15) is 18.3 Å². The first-order valence-corrected chi connectivity index (χ1v) is 5.95. The monoisotopic (exact) mass is 264 g/mol. The number of benzene rings is 1. The second-order valence-electron chi connectivity index (χ2n) is 3.76. The molecule has 2 nitrogen and oxygen atoms in total. The van der Waals surface area contributed by atoms with Gasteiger partial charge in [-0.15, -0.1) is 0 Å². The van der Waals surface area contributed by atoms with E-state index in [-0.39, 0.29) is 0 Å². The highest BCUT2D eigenvalue weighted by molar-refractivity contribution is 9.09. The molecule has 0 fully saturated rings. The topological polar surface area (TPSA) is 25.8 Å². The minimum Gasteiger partial charge on any atom is -0.155 e. The van der Waals surface area contributed by atoms with E-state index in [2.05, 4.69) is 45.2 Å². The number of fused-ring (bicyclic) bond motifs is 1. The van der Waals surface area contributed by atoms with Crippen molar-refractivity contribution in [2.24, 2.45) is 0 Å². The number of nitrogens with zero attached hydrogens (tertiary/aromatic N) is 2. The van der Waals surface area contributed by atoms with Crippen molar-refractivity contribution in [3.8, 4) is 0 Å². The molecule has 0 spiro atoms. The Morgan fingerprint density at radius 2 is 1.87 bits per heavy atom. The summed E-state index contributed by atoms with van der Waals surface area (Å²) in [6, 6.07) is 8.30. The molecule has 0 radical (unpaired) electrons. The van der Waals surface area contributed by atoms with Crippen LogP contribution in [0.5, 0.6) is 0 Å². The number of hydrogen-bond acceptors (Lipinski definition) is 2. The van der Waals surface area contributed by atoms with Crippen LogP contribution in [0.15, 0.2) is 24.3 Å². The highest BCUT2D eigenvalue weighted by Gasteiger charge is 2.07. The van der Waals surface area contributed by atoms with Crippen LogP contribution in [0, 0.1) is 6.92 Å². The summed E-state index contributed by atoms with van der Waals surface area (Å²) in [5.41, 5.74) is 2.07. The maximum Gasteiger partial charge on any atom is 0.0720 e. The highest BCUT2D eigenvalue weighted by atomic mass is 79.9. The molecule has 2 aromatic rings. The van der Waals surface area contributed by atoms with Crippen molar-refractivity contribution in [3.05, 3.63) is 35.7 Å². The molecule has 0 amide bonds. The van der Waals surface area contributed by atoms with Crippen LogP contribution in [0.3, 0.4) is 0 Å². The van der Waals surface area contributed by atoms with E-state index >= 15 is 0 Å². The van der Waals surface area contributed by atoms with Gasteiger partial charge >= 0.3 is 0 Å². The first kappa shape index (κ1) is 10.6. The average molecular weight is 265 g/mol. The molecule has 0 saturated carbocycles. The smallest absolute Gasteiger partial charge is 0.0720 e. The molecule has 1 aromatic carbocycles. The molecule has 0 aliphatic carbocycles. The minimum absolute atomic E-state index is 0.429. The van der Waals surface area contributed by atoms with Gasteiger partial charge in [-0.05, 0) is 6.92 Å². The van der Waals surface area contributed by atoms with Crippen molar-refractivity contribution in [1.82, 2.24) is 10.2 Å². The van der Waals surface area contributed by atoms with Crippen molar-refractivity contribution >= 4 is 26.7 Å². The zero-order valence-corrected chi connectivity index (χ0v) is 10.5. The molecule has 0 saturated heterocycles. The number of halogens is 1. The van der Waals surface area contributed by atoms with E-state index in [1.807, 2.05) is 19.1 Å². The van der Waals surface area contributed by atoms with Gasteiger partial charge in [-0.25, -0.2) is 0 Å². The normalized spacial score (nSPS) is 13.0. The van der Waals surface area contributed by atoms with E-state index in [0.29, 0.717) is 4.83 Å². The molecular weight excluding hydrogens is 252 g/mol. The first-order valence-electron chi connectivity index (χ1n) is 5.03. The predicted molar refractivity (Wildman–Crippen MR) is 66.4 cm³/mol.